The predicted octanol–water partition coefficient (Wildman–Crippen LogP) is 3.26. The number of benzene rings is 1. The van der Waals surface area contributed by atoms with Crippen LogP contribution in [-0.4, -0.2) is 58.0 Å². The van der Waals surface area contributed by atoms with Gasteiger partial charge in [0.25, 0.3) is 11.5 Å². The van der Waals surface area contributed by atoms with Crippen molar-refractivity contribution >= 4 is 28.3 Å². The fourth-order valence-electron chi connectivity index (χ4n) is 4.78. The summed E-state index contributed by atoms with van der Waals surface area (Å²) in [5, 5.41) is 0. The number of nitrogens with zero attached hydrogens (tertiary/aromatic N) is 5. The third kappa shape index (κ3) is 3.78. The van der Waals surface area contributed by atoms with Crippen molar-refractivity contribution in [1.82, 2.24) is 18.9 Å². The lowest BCUT2D eigenvalue weighted by Gasteiger charge is -2.35. The molecule has 9 heteroatoms. The van der Waals surface area contributed by atoms with Crippen molar-refractivity contribution in [2.45, 2.75) is 6.54 Å². The number of furan rings is 1. The second kappa shape index (κ2) is 8.92. The largest absolute Gasteiger partial charge is 0.497 e. The van der Waals surface area contributed by atoms with E-state index in [4.69, 9.17) is 9.15 Å². The molecule has 1 aromatic carbocycles. The summed E-state index contributed by atoms with van der Waals surface area (Å²) < 4.78 is 14.6. The highest BCUT2D eigenvalue weighted by Crippen LogP contribution is 2.22. The van der Waals surface area contributed by atoms with E-state index >= 15 is 0 Å². The third-order valence-corrected chi connectivity index (χ3v) is 6.69. The van der Waals surface area contributed by atoms with Crippen LogP contribution in [0, 0.1) is 0 Å². The Morgan fingerprint density at radius 1 is 0.972 bits per heavy atom. The van der Waals surface area contributed by atoms with Gasteiger partial charge in [0.15, 0.2) is 11.4 Å². The molecule has 0 unspecified atom stereocenters. The number of hydrogen-bond donors (Lipinski definition) is 0. The first kappa shape index (κ1) is 22.0. The fourth-order valence-corrected chi connectivity index (χ4v) is 4.78. The van der Waals surface area contributed by atoms with E-state index in [1.807, 2.05) is 53.1 Å². The molecule has 1 aliphatic heterocycles. The smallest absolute Gasteiger partial charge is 0.289 e. The zero-order valence-electron chi connectivity index (χ0n) is 19.8. The van der Waals surface area contributed by atoms with Gasteiger partial charge < -0.3 is 23.4 Å². The lowest BCUT2D eigenvalue weighted by molar-refractivity contribution is 0.0712. The summed E-state index contributed by atoms with van der Waals surface area (Å²) >= 11 is 0. The van der Waals surface area contributed by atoms with Gasteiger partial charge in [-0.05, 0) is 60.7 Å². The highest BCUT2D eigenvalue weighted by atomic mass is 16.5. The van der Waals surface area contributed by atoms with Crippen molar-refractivity contribution < 1.29 is 13.9 Å². The number of aromatic nitrogens is 3. The first-order chi connectivity index (χ1) is 17.6. The number of methoxy groups -OCH3 is 1. The van der Waals surface area contributed by atoms with E-state index < -0.39 is 0 Å². The van der Waals surface area contributed by atoms with Gasteiger partial charge in [-0.25, -0.2) is 4.98 Å². The van der Waals surface area contributed by atoms with Crippen molar-refractivity contribution in [2.75, 3.05) is 38.2 Å². The van der Waals surface area contributed by atoms with Crippen molar-refractivity contribution in [3.63, 3.8) is 0 Å². The molecule has 1 amide bonds. The van der Waals surface area contributed by atoms with Crippen molar-refractivity contribution in [2.24, 2.45) is 0 Å². The first-order valence-corrected chi connectivity index (χ1v) is 11.8. The summed E-state index contributed by atoms with van der Waals surface area (Å²) in [6, 6.07) is 18.8. The first-order valence-electron chi connectivity index (χ1n) is 11.8. The monoisotopic (exact) mass is 483 g/mol. The molecule has 9 nitrogen and oxygen atoms in total. The second-order valence-electron chi connectivity index (χ2n) is 8.74. The zero-order chi connectivity index (χ0) is 24.6. The van der Waals surface area contributed by atoms with E-state index in [2.05, 4.69) is 9.88 Å². The third-order valence-electron chi connectivity index (χ3n) is 6.69. The minimum absolute atomic E-state index is 0.145. The molecule has 0 aliphatic carbocycles. The maximum Gasteiger partial charge on any atom is 0.289 e. The van der Waals surface area contributed by atoms with Crippen LogP contribution in [-0.2, 0) is 6.54 Å². The minimum Gasteiger partial charge on any atom is -0.497 e. The van der Waals surface area contributed by atoms with E-state index in [1.54, 1.807) is 41.0 Å². The van der Waals surface area contributed by atoms with Crippen LogP contribution >= 0.6 is 0 Å². The molecule has 36 heavy (non-hydrogen) atoms. The molecule has 1 aliphatic rings. The number of hydrogen-bond acceptors (Lipinski definition) is 6. The van der Waals surface area contributed by atoms with E-state index in [1.165, 1.54) is 0 Å². The summed E-state index contributed by atoms with van der Waals surface area (Å²) in [5.41, 5.74) is 2.90. The number of rotatable bonds is 5. The number of amides is 1. The molecule has 0 spiro atoms. The maximum atomic E-state index is 13.2. The van der Waals surface area contributed by atoms with Crippen molar-refractivity contribution in [1.29, 1.82) is 0 Å². The average molecular weight is 484 g/mol. The van der Waals surface area contributed by atoms with Crippen LogP contribution in [0.15, 0.2) is 82.3 Å². The standard InChI is InChI=1S/C27H25N5O4/c1-35-20-8-6-19(7-9-20)29-14-16-30(17-15-29)27(34)24-11-10-21(36-24)18-32-25-22(4-2-12-28-25)31-13-3-5-23(31)26(32)33/h2-13H,14-18H2,1H3. The molecule has 4 aromatic heterocycles. The highest BCUT2D eigenvalue weighted by molar-refractivity contribution is 5.91. The van der Waals surface area contributed by atoms with Gasteiger partial charge in [0.1, 0.15) is 17.0 Å². The lowest BCUT2D eigenvalue weighted by Crippen LogP contribution is -2.48. The number of fused-ring (bicyclic) bond motifs is 3. The topological polar surface area (TPSA) is 85.2 Å². The summed E-state index contributed by atoms with van der Waals surface area (Å²) in [7, 11) is 1.65. The van der Waals surface area contributed by atoms with Crippen molar-refractivity contribution in [3.8, 4) is 5.75 Å². The molecule has 1 fully saturated rings. The molecule has 5 heterocycles. The Hall–Kier alpha value is -4.53. The second-order valence-corrected chi connectivity index (χ2v) is 8.74. The van der Waals surface area contributed by atoms with E-state index in [0.717, 1.165) is 30.0 Å². The van der Waals surface area contributed by atoms with Crippen LogP contribution < -0.4 is 15.2 Å². The molecular weight excluding hydrogens is 458 g/mol. The van der Waals surface area contributed by atoms with Crippen LogP contribution in [0.25, 0.3) is 16.7 Å². The van der Waals surface area contributed by atoms with Gasteiger partial charge in [0.05, 0.1) is 19.2 Å². The fraction of sp³-hybridized carbons (Fsp3) is 0.222. The molecule has 0 N–H and O–H groups in total. The Labute approximate surface area is 206 Å². The predicted molar refractivity (Wildman–Crippen MR) is 136 cm³/mol. The Balaban J connectivity index is 1.18. The number of ether oxygens (including phenoxy) is 1. The summed E-state index contributed by atoms with van der Waals surface area (Å²) in [6.07, 6.45) is 3.51. The quantitative estimate of drug-likeness (QED) is 0.382. The van der Waals surface area contributed by atoms with Crippen LogP contribution in [0.5, 0.6) is 5.75 Å². The Bertz CT molecular complexity index is 1610. The summed E-state index contributed by atoms with van der Waals surface area (Å²) in [5.74, 6) is 1.48. The van der Waals surface area contributed by atoms with Crippen molar-refractivity contribution in [3.05, 3.63) is 94.9 Å². The zero-order valence-corrected chi connectivity index (χ0v) is 19.8. The van der Waals surface area contributed by atoms with Crippen LogP contribution in [0.4, 0.5) is 5.69 Å². The highest BCUT2D eigenvalue weighted by Gasteiger charge is 2.25. The van der Waals surface area contributed by atoms with E-state index in [-0.39, 0.29) is 23.8 Å². The summed E-state index contributed by atoms with van der Waals surface area (Å²) in [6.45, 7) is 2.85. The molecular formula is C27H25N5O4. The number of pyridine rings is 1. The number of anilines is 1. The van der Waals surface area contributed by atoms with Gasteiger partial charge in [0, 0.05) is 44.3 Å². The van der Waals surface area contributed by atoms with E-state index in [0.29, 0.717) is 30.0 Å². The Kier molecular flexibility index (Phi) is 5.44. The van der Waals surface area contributed by atoms with Gasteiger partial charge in [0.2, 0.25) is 0 Å². The van der Waals surface area contributed by atoms with Crippen LogP contribution in [0.3, 0.4) is 0 Å². The average Bonchev–Trinajstić information content (AvgIpc) is 3.61. The number of piperazine rings is 1. The molecule has 6 rings (SSSR count). The Morgan fingerprint density at radius 2 is 1.75 bits per heavy atom. The van der Waals surface area contributed by atoms with Crippen LogP contribution in [0.1, 0.15) is 16.3 Å². The molecule has 0 atom stereocenters. The van der Waals surface area contributed by atoms with Gasteiger partial charge >= 0.3 is 0 Å². The molecule has 182 valence electrons. The lowest BCUT2D eigenvalue weighted by atomic mass is 10.2. The van der Waals surface area contributed by atoms with Gasteiger partial charge in [-0.3, -0.25) is 14.2 Å². The molecule has 1 saturated heterocycles. The minimum atomic E-state index is -0.162. The number of carbonyl (C=O) groups is 1. The molecule has 0 saturated carbocycles. The van der Waals surface area contributed by atoms with Gasteiger partial charge in [-0.2, -0.15) is 0 Å². The van der Waals surface area contributed by atoms with Gasteiger partial charge in [-0.15, -0.1) is 0 Å². The van der Waals surface area contributed by atoms with Crippen LogP contribution in [0.2, 0.25) is 0 Å². The molecule has 5 aromatic rings. The maximum absolute atomic E-state index is 13.2. The Morgan fingerprint density at radius 3 is 2.53 bits per heavy atom. The molecule has 0 radical (unpaired) electrons. The summed E-state index contributed by atoms with van der Waals surface area (Å²) in [4.78, 5) is 34.8. The normalized spacial score (nSPS) is 14.0. The molecule has 0 bridgehead atoms. The van der Waals surface area contributed by atoms with Gasteiger partial charge in [-0.1, -0.05) is 0 Å². The number of carbonyl (C=O) groups excluding carboxylic acids is 1. The SMILES string of the molecule is COc1ccc(N2CCN(C(=O)c3ccc(Cn4c(=O)c5cccn5c5cccnc54)o3)CC2)cc1. The van der Waals surface area contributed by atoms with E-state index in [9.17, 15) is 9.59 Å².